The zero-order valence-corrected chi connectivity index (χ0v) is 14.6. The van der Waals surface area contributed by atoms with E-state index in [1.54, 1.807) is 29.9 Å². The number of aryl methyl sites for hydroxylation is 1. The molecule has 0 aliphatic heterocycles. The molecule has 2 heterocycles. The number of aromatic nitrogens is 3. The van der Waals surface area contributed by atoms with Crippen LogP contribution in [-0.2, 0) is 16.6 Å². The topological polar surface area (TPSA) is 97.1 Å². The van der Waals surface area contributed by atoms with E-state index in [9.17, 15) is 13.5 Å². The summed E-state index contributed by atoms with van der Waals surface area (Å²) in [5.74, 6) is 0.0335. The maximum absolute atomic E-state index is 12.8. The number of nitrogens with zero attached hydrogens (tertiary/aromatic N) is 3. The smallest absolute Gasteiger partial charge is 0.244 e. The molecule has 24 heavy (non-hydrogen) atoms. The molecule has 1 fully saturated rings. The number of hydrogen-bond acceptors (Lipinski definition) is 5. The quantitative estimate of drug-likeness (QED) is 0.821. The zero-order chi connectivity index (χ0) is 17.3. The van der Waals surface area contributed by atoms with E-state index in [0.29, 0.717) is 30.8 Å². The number of hydrogen-bond donors (Lipinski definition) is 2. The standard InChI is InChI=1S/C16H22N4O3S/c1-3-20-11(2)15(10-18-20)24(22,23)19-16(12-8-13(21)9-12)14-6-4-5-7-17-14/h4-7,10,12-13,16,19,21H,3,8-9H2,1-2H3. The van der Waals surface area contributed by atoms with Gasteiger partial charge in [-0.3, -0.25) is 9.67 Å². The Bertz CT molecular complexity index is 798. The van der Waals surface area contributed by atoms with Crippen molar-refractivity contribution in [2.24, 2.45) is 5.92 Å². The van der Waals surface area contributed by atoms with Crippen molar-refractivity contribution < 1.29 is 13.5 Å². The summed E-state index contributed by atoms with van der Waals surface area (Å²) in [4.78, 5) is 4.48. The zero-order valence-electron chi connectivity index (χ0n) is 13.8. The van der Waals surface area contributed by atoms with Gasteiger partial charge >= 0.3 is 0 Å². The Labute approximate surface area is 141 Å². The number of aliphatic hydroxyl groups is 1. The van der Waals surface area contributed by atoms with Crippen LogP contribution in [0.2, 0.25) is 0 Å². The molecule has 2 aromatic rings. The van der Waals surface area contributed by atoms with Crippen LogP contribution in [-0.4, -0.2) is 34.4 Å². The van der Waals surface area contributed by atoms with Crippen molar-refractivity contribution in [2.75, 3.05) is 0 Å². The normalized spacial score (nSPS) is 22.1. The molecule has 0 spiro atoms. The van der Waals surface area contributed by atoms with Gasteiger partial charge in [0.2, 0.25) is 10.0 Å². The molecule has 1 aliphatic carbocycles. The fraction of sp³-hybridized carbons (Fsp3) is 0.500. The highest BCUT2D eigenvalue weighted by Crippen LogP contribution is 2.38. The van der Waals surface area contributed by atoms with E-state index >= 15 is 0 Å². The summed E-state index contributed by atoms with van der Waals surface area (Å²) in [6.07, 6.45) is 3.79. The van der Waals surface area contributed by atoms with Crippen LogP contribution in [0.5, 0.6) is 0 Å². The van der Waals surface area contributed by atoms with Gasteiger partial charge in [0, 0.05) is 12.7 Å². The summed E-state index contributed by atoms with van der Waals surface area (Å²) in [6.45, 7) is 4.27. The van der Waals surface area contributed by atoms with Gasteiger partial charge in [0.15, 0.2) is 0 Å². The molecule has 2 aromatic heterocycles. The third-order valence-electron chi connectivity index (χ3n) is 4.56. The second-order valence-electron chi connectivity index (χ2n) is 6.15. The van der Waals surface area contributed by atoms with Crippen LogP contribution in [0.25, 0.3) is 0 Å². The summed E-state index contributed by atoms with van der Waals surface area (Å²) in [6, 6.07) is 4.98. The monoisotopic (exact) mass is 350 g/mol. The predicted octanol–water partition coefficient (Wildman–Crippen LogP) is 1.40. The maximum Gasteiger partial charge on any atom is 0.244 e. The minimum absolute atomic E-state index is 0.0335. The molecular weight excluding hydrogens is 328 g/mol. The van der Waals surface area contributed by atoms with E-state index < -0.39 is 16.1 Å². The summed E-state index contributed by atoms with van der Waals surface area (Å²) in [5, 5.41) is 13.7. The molecule has 1 aliphatic rings. The summed E-state index contributed by atoms with van der Waals surface area (Å²) in [5.41, 5.74) is 1.27. The minimum Gasteiger partial charge on any atom is -0.393 e. The number of pyridine rings is 1. The molecule has 8 heteroatoms. The average Bonchev–Trinajstić information content (AvgIpc) is 2.92. The average molecular weight is 350 g/mol. The van der Waals surface area contributed by atoms with Gasteiger partial charge in [0.25, 0.3) is 0 Å². The highest BCUT2D eigenvalue weighted by Gasteiger charge is 2.38. The third kappa shape index (κ3) is 3.22. The van der Waals surface area contributed by atoms with Crippen LogP contribution in [0.3, 0.4) is 0 Å². The molecular formula is C16H22N4O3S. The highest BCUT2D eigenvalue weighted by molar-refractivity contribution is 7.89. The van der Waals surface area contributed by atoms with Crippen LogP contribution in [0.15, 0.2) is 35.5 Å². The first-order chi connectivity index (χ1) is 11.4. The minimum atomic E-state index is -3.72. The lowest BCUT2D eigenvalue weighted by atomic mass is 9.76. The Morgan fingerprint density at radius 3 is 2.71 bits per heavy atom. The van der Waals surface area contributed by atoms with E-state index in [1.807, 2.05) is 13.0 Å². The third-order valence-corrected chi connectivity index (χ3v) is 6.10. The van der Waals surface area contributed by atoms with Gasteiger partial charge in [-0.15, -0.1) is 0 Å². The second-order valence-corrected chi connectivity index (χ2v) is 7.83. The number of rotatable bonds is 6. The van der Waals surface area contributed by atoms with Crippen LogP contribution >= 0.6 is 0 Å². The van der Waals surface area contributed by atoms with Crippen molar-refractivity contribution in [3.63, 3.8) is 0 Å². The van der Waals surface area contributed by atoms with Crippen LogP contribution < -0.4 is 4.72 Å². The van der Waals surface area contributed by atoms with Crippen LogP contribution in [0, 0.1) is 12.8 Å². The van der Waals surface area contributed by atoms with Gasteiger partial charge < -0.3 is 5.11 Å². The fourth-order valence-corrected chi connectivity index (χ4v) is 4.56. The van der Waals surface area contributed by atoms with E-state index in [2.05, 4.69) is 14.8 Å². The van der Waals surface area contributed by atoms with E-state index in [-0.39, 0.29) is 16.9 Å². The van der Waals surface area contributed by atoms with Gasteiger partial charge in [-0.25, -0.2) is 13.1 Å². The van der Waals surface area contributed by atoms with Gasteiger partial charge in [-0.05, 0) is 44.7 Å². The molecule has 0 amide bonds. The van der Waals surface area contributed by atoms with Crippen molar-refractivity contribution >= 4 is 10.0 Å². The maximum atomic E-state index is 12.8. The molecule has 0 bridgehead atoms. The van der Waals surface area contributed by atoms with Crippen LogP contribution in [0.4, 0.5) is 0 Å². The second kappa shape index (κ2) is 6.62. The molecule has 130 valence electrons. The molecule has 1 unspecified atom stereocenters. The molecule has 0 radical (unpaired) electrons. The first-order valence-corrected chi connectivity index (χ1v) is 9.54. The largest absolute Gasteiger partial charge is 0.393 e. The van der Waals surface area contributed by atoms with Crippen molar-refractivity contribution in [1.29, 1.82) is 0 Å². The van der Waals surface area contributed by atoms with E-state index in [0.717, 1.165) is 0 Å². The van der Waals surface area contributed by atoms with Gasteiger partial charge in [0.05, 0.1) is 29.7 Å². The predicted molar refractivity (Wildman–Crippen MR) is 88.7 cm³/mol. The summed E-state index contributed by atoms with van der Waals surface area (Å²) in [7, 11) is -3.72. The molecule has 1 atom stereocenters. The van der Waals surface area contributed by atoms with Crippen molar-refractivity contribution in [3.8, 4) is 0 Å². The number of nitrogens with one attached hydrogen (secondary N) is 1. The Morgan fingerprint density at radius 1 is 1.42 bits per heavy atom. The van der Waals surface area contributed by atoms with Crippen LogP contribution in [0.1, 0.15) is 37.2 Å². The molecule has 1 saturated carbocycles. The summed E-state index contributed by atoms with van der Waals surface area (Å²) >= 11 is 0. The summed E-state index contributed by atoms with van der Waals surface area (Å²) < 4.78 is 30.1. The first kappa shape index (κ1) is 17.1. The molecule has 0 aromatic carbocycles. The molecule has 7 nitrogen and oxygen atoms in total. The lowest BCUT2D eigenvalue weighted by Gasteiger charge is -2.37. The molecule has 3 rings (SSSR count). The number of aliphatic hydroxyl groups excluding tert-OH is 1. The van der Waals surface area contributed by atoms with Gasteiger partial charge in [0.1, 0.15) is 4.90 Å². The van der Waals surface area contributed by atoms with E-state index in [1.165, 1.54) is 6.20 Å². The fourth-order valence-electron chi connectivity index (χ4n) is 3.10. The number of sulfonamides is 1. The van der Waals surface area contributed by atoms with E-state index in [4.69, 9.17) is 0 Å². The van der Waals surface area contributed by atoms with Gasteiger partial charge in [-0.2, -0.15) is 5.10 Å². The lowest BCUT2D eigenvalue weighted by Crippen LogP contribution is -2.41. The lowest BCUT2D eigenvalue weighted by molar-refractivity contribution is 0.0273. The highest BCUT2D eigenvalue weighted by atomic mass is 32.2. The van der Waals surface area contributed by atoms with Crippen molar-refractivity contribution in [1.82, 2.24) is 19.5 Å². The van der Waals surface area contributed by atoms with Gasteiger partial charge in [-0.1, -0.05) is 6.07 Å². The van der Waals surface area contributed by atoms with Crippen molar-refractivity contribution in [3.05, 3.63) is 42.0 Å². The molecule has 2 N–H and O–H groups in total. The first-order valence-electron chi connectivity index (χ1n) is 8.06. The van der Waals surface area contributed by atoms with Crippen molar-refractivity contribution in [2.45, 2.75) is 50.3 Å². The Hall–Kier alpha value is -1.77. The SMILES string of the molecule is CCn1ncc(S(=O)(=O)NC(c2ccccn2)C2CC(O)C2)c1C. The Morgan fingerprint density at radius 2 is 2.17 bits per heavy atom. The Kier molecular flexibility index (Phi) is 4.71. The molecule has 0 saturated heterocycles. The Balaban J connectivity index is 1.90.